The summed E-state index contributed by atoms with van der Waals surface area (Å²) in [5.74, 6) is 0.338. The number of benzene rings is 1. The first kappa shape index (κ1) is 6.86. The lowest BCUT2D eigenvalue weighted by molar-refractivity contribution is 0.474. The third-order valence-corrected chi connectivity index (χ3v) is 2.32. The van der Waals surface area contributed by atoms with Crippen LogP contribution in [0.4, 0.5) is 0 Å². The van der Waals surface area contributed by atoms with E-state index in [2.05, 4.69) is 22.6 Å². The SMILES string of the molecule is Cc1ccc(O)cc1I. The summed E-state index contributed by atoms with van der Waals surface area (Å²) in [6, 6.07) is 5.34. The van der Waals surface area contributed by atoms with E-state index in [4.69, 9.17) is 5.11 Å². The summed E-state index contributed by atoms with van der Waals surface area (Å²) in [5, 5.41) is 8.93. The first-order chi connectivity index (χ1) is 4.20. The second kappa shape index (κ2) is 2.56. The Morgan fingerprint density at radius 1 is 1.44 bits per heavy atom. The van der Waals surface area contributed by atoms with Crippen LogP contribution in [0.1, 0.15) is 5.56 Å². The molecule has 48 valence electrons. The molecule has 0 aromatic heterocycles. The minimum atomic E-state index is 0.338. The molecule has 1 aromatic carbocycles. The first-order valence-electron chi connectivity index (χ1n) is 2.65. The summed E-state index contributed by atoms with van der Waals surface area (Å²) < 4.78 is 1.10. The van der Waals surface area contributed by atoms with Crippen LogP contribution >= 0.6 is 22.6 Å². The molecule has 1 N–H and O–H groups in total. The van der Waals surface area contributed by atoms with Crippen LogP contribution in [-0.4, -0.2) is 5.11 Å². The lowest BCUT2D eigenvalue weighted by Crippen LogP contribution is -1.76. The van der Waals surface area contributed by atoms with Crippen molar-refractivity contribution in [2.75, 3.05) is 0 Å². The van der Waals surface area contributed by atoms with Crippen molar-refractivity contribution in [2.24, 2.45) is 0 Å². The molecular weight excluding hydrogens is 227 g/mol. The van der Waals surface area contributed by atoms with Gasteiger partial charge in [0, 0.05) is 3.57 Å². The molecule has 0 atom stereocenters. The molecule has 0 amide bonds. The van der Waals surface area contributed by atoms with E-state index in [0.717, 1.165) is 3.57 Å². The molecule has 0 aliphatic rings. The molecular formula is C7H7IO. The smallest absolute Gasteiger partial charge is 0.116 e. The molecule has 2 heteroatoms. The normalized spacial score (nSPS) is 9.56. The summed E-state index contributed by atoms with van der Waals surface area (Å²) in [6.45, 7) is 2.02. The second-order valence-corrected chi connectivity index (χ2v) is 3.10. The van der Waals surface area contributed by atoms with Crippen LogP contribution in [0.5, 0.6) is 5.75 Å². The van der Waals surface area contributed by atoms with Gasteiger partial charge in [0.15, 0.2) is 0 Å². The van der Waals surface area contributed by atoms with Gasteiger partial charge in [0.25, 0.3) is 0 Å². The number of phenolic OH excluding ortho intramolecular Hbond substituents is 1. The molecule has 1 aromatic rings. The van der Waals surface area contributed by atoms with Crippen LogP contribution in [0, 0.1) is 10.5 Å². The van der Waals surface area contributed by atoms with Crippen LogP contribution in [0.2, 0.25) is 0 Å². The van der Waals surface area contributed by atoms with Gasteiger partial charge in [-0.15, -0.1) is 0 Å². The third-order valence-electron chi connectivity index (χ3n) is 1.16. The number of hydrogen-bond donors (Lipinski definition) is 1. The first-order valence-corrected chi connectivity index (χ1v) is 3.73. The maximum atomic E-state index is 8.93. The molecule has 0 aliphatic carbocycles. The molecule has 0 radical (unpaired) electrons. The van der Waals surface area contributed by atoms with Crippen LogP contribution < -0.4 is 0 Å². The summed E-state index contributed by atoms with van der Waals surface area (Å²) in [7, 11) is 0. The lowest BCUT2D eigenvalue weighted by Gasteiger charge is -1.95. The predicted octanol–water partition coefficient (Wildman–Crippen LogP) is 2.31. The largest absolute Gasteiger partial charge is 0.508 e. The van der Waals surface area contributed by atoms with Gasteiger partial charge in [-0.05, 0) is 47.2 Å². The minimum Gasteiger partial charge on any atom is -0.508 e. The highest BCUT2D eigenvalue weighted by atomic mass is 127. The van der Waals surface area contributed by atoms with Gasteiger partial charge in [0.2, 0.25) is 0 Å². The highest BCUT2D eigenvalue weighted by Gasteiger charge is 1.92. The summed E-state index contributed by atoms with van der Waals surface area (Å²) in [4.78, 5) is 0. The summed E-state index contributed by atoms with van der Waals surface area (Å²) in [6.07, 6.45) is 0. The number of aromatic hydroxyl groups is 1. The number of aryl methyl sites for hydroxylation is 1. The minimum absolute atomic E-state index is 0.338. The fraction of sp³-hybridized carbons (Fsp3) is 0.143. The Morgan fingerprint density at radius 2 is 2.11 bits per heavy atom. The van der Waals surface area contributed by atoms with Gasteiger partial charge in [-0.3, -0.25) is 0 Å². The van der Waals surface area contributed by atoms with Gasteiger partial charge in [-0.1, -0.05) is 6.07 Å². The molecule has 0 heterocycles. The molecule has 1 rings (SSSR count). The predicted molar refractivity (Wildman–Crippen MR) is 45.6 cm³/mol. The standard InChI is InChI=1S/C7H7IO/c1-5-2-3-6(9)4-7(5)8/h2-4,9H,1H3. The molecule has 0 saturated carbocycles. The molecule has 0 aliphatic heterocycles. The van der Waals surface area contributed by atoms with E-state index in [0.29, 0.717) is 5.75 Å². The van der Waals surface area contributed by atoms with Crippen LogP contribution in [-0.2, 0) is 0 Å². The number of halogens is 1. The zero-order valence-electron chi connectivity index (χ0n) is 5.06. The molecule has 0 saturated heterocycles. The molecule has 0 unspecified atom stereocenters. The van der Waals surface area contributed by atoms with Crippen molar-refractivity contribution in [3.8, 4) is 5.75 Å². The Balaban J connectivity index is 3.17. The van der Waals surface area contributed by atoms with E-state index in [1.54, 1.807) is 12.1 Å². The van der Waals surface area contributed by atoms with E-state index in [1.165, 1.54) is 5.56 Å². The Bertz CT molecular complexity index is 220. The third kappa shape index (κ3) is 1.58. The van der Waals surface area contributed by atoms with Crippen molar-refractivity contribution in [3.05, 3.63) is 27.3 Å². The van der Waals surface area contributed by atoms with E-state index in [-0.39, 0.29) is 0 Å². The Labute approximate surface area is 67.9 Å². The zero-order valence-corrected chi connectivity index (χ0v) is 7.21. The van der Waals surface area contributed by atoms with Crippen LogP contribution in [0.25, 0.3) is 0 Å². The topological polar surface area (TPSA) is 20.2 Å². The van der Waals surface area contributed by atoms with Crippen LogP contribution in [0.3, 0.4) is 0 Å². The molecule has 0 spiro atoms. The maximum Gasteiger partial charge on any atom is 0.116 e. The Kier molecular flexibility index (Phi) is 1.95. The number of rotatable bonds is 0. The van der Waals surface area contributed by atoms with Crippen molar-refractivity contribution in [1.29, 1.82) is 0 Å². The van der Waals surface area contributed by atoms with E-state index in [9.17, 15) is 0 Å². The van der Waals surface area contributed by atoms with Crippen LogP contribution in [0.15, 0.2) is 18.2 Å². The van der Waals surface area contributed by atoms with Crippen molar-refractivity contribution < 1.29 is 5.11 Å². The lowest BCUT2D eigenvalue weighted by atomic mass is 10.2. The monoisotopic (exact) mass is 234 g/mol. The van der Waals surface area contributed by atoms with Gasteiger partial charge >= 0.3 is 0 Å². The summed E-state index contributed by atoms with van der Waals surface area (Å²) in [5.41, 5.74) is 1.20. The molecule has 9 heavy (non-hydrogen) atoms. The zero-order chi connectivity index (χ0) is 6.85. The van der Waals surface area contributed by atoms with Gasteiger partial charge in [-0.2, -0.15) is 0 Å². The Morgan fingerprint density at radius 3 is 2.56 bits per heavy atom. The maximum absolute atomic E-state index is 8.93. The van der Waals surface area contributed by atoms with Crippen molar-refractivity contribution in [2.45, 2.75) is 6.92 Å². The fourth-order valence-corrected chi connectivity index (χ4v) is 1.08. The Hall–Kier alpha value is -0.250. The number of phenols is 1. The quantitative estimate of drug-likeness (QED) is 0.683. The average Bonchev–Trinajstić information content (AvgIpc) is 1.80. The van der Waals surface area contributed by atoms with Gasteiger partial charge < -0.3 is 5.11 Å². The molecule has 1 nitrogen and oxygen atoms in total. The van der Waals surface area contributed by atoms with E-state index >= 15 is 0 Å². The van der Waals surface area contributed by atoms with Crippen molar-refractivity contribution in [3.63, 3.8) is 0 Å². The highest BCUT2D eigenvalue weighted by Crippen LogP contribution is 2.16. The highest BCUT2D eigenvalue weighted by molar-refractivity contribution is 14.1. The van der Waals surface area contributed by atoms with Gasteiger partial charge in [0.1, 0.15) is 5.75 Å². The fourth-order valence-electron chi connectivity index (χ4n) is 0.582. The van der Waals surface area contributed by atoms with Crippen molar-refractivity contribution >= 4 is 22.6 Å². The molecule has 0 fully saturated rings. The van der Waals surface area contributed by atoms with Gasteiger partial charge in [-0.25, -0.2) is 0 Å². The van der Waals surface area contributed by atoms with Crippen molar-refractivity contribution in [1.82, 2.24) is 0 Å². The average molecular weight is 234 g/mol. The van der Waals surface area contributed by atoms with Gasteiger partial charge in [0.05, 0.1) is 0 Å². The second-order valence-electron chi connectivity index (χ2n) is 1.93. The van der Waals surface area contributed by atoms with E-state index in [1.807, 2.05) is 13.0 Å². The summed E-state index contributed by atoms with van der Waals surface area (Å²) >= 11 is 2.19. The number of hydrogen-bond acceptors (Lipinski definition) is 1. The van der Waals surface area contributed by atoms with E-state index < -0.39 is 0 Å². The molecule has 0 bridgehead atoms.